The van der Waals surface area contributed by atoms with Crippen molar-refractivity contribution in [2.75, 3.05) is 6.54 Å². The fourth-order valence-corrected chi connectivity index (χ4v) is 5.30. The van der Waals surface area contributed by atoms with Crippen molar-refractivity contribution < 1.29 is 14.4 Å². The van der Waals surface area contributed by atoms with Gasteiger partial charge in [-0.05, 0) is 44.9 Å². The van der Waals surface area contributed by atoms with Crippen LogP contribution in [0.2, 0.25) is 0 Å². The second-order valence-corrected chi connectivity index (χ2v) is 9.90. The van der Waals surface area contributed by atoms with Crippen molar-refractivity contribution in [2.45, 2.75) is 72.9 Å². The Labute approximate surface area is 172 Å². The molecule has 1 aromatic heterocycles. The van der Waals surface area contributed by atoms with Crippen molar-refractivity contribution in [1.29, 1.82) is 0 Å². The van der Waals surface area contributed by atoms with Crippen LogP contribution in [0.3, 0.4) is 0 Å². The maximum absolute atomic E-state index is 13.3. The Morgan fingerprint density at radius 3 is 2.38 bits per heavy atom. The maximum atomic E-state index is 13.3. The first-order valence-corrected chi connectivity index (χ1v) is 10.6. The lowest BCUT2D eigenvalue weighted by Gasteiger charge is -2.47. The Balaban J connectivity index is 1.56. The summed E-state index contributed by atoms with van der Waals surface area (Å²) in [5.74, 6) is -0.679. The molecule has 7 heteroatoms. The van der Waals surface area contributed by atoms with E-state index in [1.807, 2.05) is 51.2 Å². The molecule has 7 nitrogen and oxygen atoms in total. The number of aryl methyl sites for hydroxylation is 2. The van der Waals surface area contributed by atoms with Gasteiger partial charge in [0.15, 0.2) is 0 Å². The second-order valence-electron chi connectivity index (χ2n) is 9.90. The largest absolute Gasteiger partial charge is 0.334 e. The molecule has 0 radical (unpaired) electrons. The number of carbonyl (C=O) groups excluding carboxylic acids is 3. The van der Waals surface area contributed by atoms with Crippen LogP contribution in [0.5, 0.6) is 0 Å². The number of amides is 3. The molecule has 2 heterocycles. The number of fused-ring (bicyclic) bond motifs is 2. The lowest BCUT2D eigenvalue weighted by Crippen LogP contribution is -2.60. The van der Waals surface area contributed by atoms with Gasteiger partial charge < -0.3 is 4.90 Å². The number of nitrogens with zero attached hydrogens (tertiary/aromatic N) is 4. The van der Waals surface area contributed by atoms with Gasteiger partial charge in [0, 0.05) is 36.8 Å². The summed E-state index contributed by atoms with van der Waals surface area (Å²) in [6.07, 6.45) is 3.37. The molecule has 1 aromatic rings. The standard InChI is InChI=1S/C22H32N4O3/c1-13-16(14(2)24(6)23-13)11-25(15-7-8-15)18(27)12-26-19(28)17-9-10-22(5,20(26)29)21(17,3)4/h15,17H,7-12H2,1-6H3/t17-,22-/m0/s1. The Morgan fingerprint density at radius 1 is 1.17 bits per heavy atom. The Hall–Kier alpha value is -2.18. The molecule has 0 unspecified atom stereocenters. The fraction of sp³-hybridized carbons (Fsp3) is 0.727. The summed E-state index contributed by atoms with van der Waals surface area (Å²) in [6, 6.07) is 0.195. The molecule has 29 heavy (non-hydrogen) atoms. The Morgan fingerprint density at radius 2 is 1.83 bits per heavy atom. The van der Waals surface area contributed by atoms with E-state index in [1.54, 1.807) is 0 Å². The van der Waals surface area contributed by atoms with Gasteiger partial charge in [-0.25, -0.2) is 0 Å². The maximum Gasteiger partial charge on any atom is 0.243 e. The topological polar surface area (TPSA) is 75.5 Å². The summed E-state index contributed by atoms with van der Waals surface area (Å²) in [7, 11) is 1.90. The molecule has 3 fully saturated rings. The van der Waals surface area contributed by atoms with Crippen LogP contribution in [0.15, 0.2) is 0 Å². The number of rotatable bonds is 5. The molecule has 1 aliphatic heterocycles. The van der Waals surface area contributed by atoms with Crippen LogP contribution in [0.1, 0.15) is 63.4 Å². The number of hydrogen-bond acceptors (Lipinski definition) is 4. The van der Waals surface area contributed by atoms with Gasteiger partial charge in [-0.2, -0.15) is 5.10 Å². The van der Waals surface area contributed by atoms with Gasteiger partial charge in [-0.1, -0.05) is 20.8 Å². The van der Waals surface area contributed by atoms with Gasteiger partial charge >= 0.3 is 0 Å². The zero-order valence-electron chi connectivity index (χ0n) is 18.4. The molecule has 3 amide bonds. The molecule has 0 N–H and O–H groups in total. The van der Waals surface area contributed by atoms with Crippen LogP contribution in [0, 0.1) is 30.6 Å². The van der Waals surface area contributed by atoms with E-state index in [-0.39, 0.29) is 41.6 Å². The normalized spacial score (nSPS) is 28.2. The number of hydrogen-bond donors (Lipinski definition) is 0. The van der Waals surface area contributed by atoms with E-state index in [0.29, 0.717) is 13.0 Å². The second kappa shape index (κ2) is 6.41. The zero-order chi connectivity index (χ0) is 21.3. The van der Waals surface area contributed by atoms with Gasteiger partial charge in [0.05, 0.1) is 11.1 Å². The van der Waals surface area contributed by atoms with Gasteiger partial charge in [-0.3, -0.25) is 24.0 Å². The zero-order valence-corrected chi connectivity index (χ0v) is 18.4. The van der Waals surface area contributed by atoms with Gasteiger partial charge in [0.2, 0.25) is 17.7 Å². The van der Waals surface area contributed by atoms with E-state index in [1.165, 1.54) is 4.90 Å². The molecule has 2 aliphatic carbocycles. The SMILES string of the molecule is Cc1nn(C)c(C)c1CN(C(=O)CN1C(=O)[C@@H]2CC[C@@](C)(C1=O)C2(C)C)C1CC1. The number of carbonyl (C=O) groups is 3. The first-order valence-electron chi connectivity index (χ1n) is 10.6. The van der Waals surface area contributed by atoms with Crippen LogP contribution in [-0.4, -0.2) is 49.9 Å². The number of likely N-dealkylation sites (tertiary alicyclic amines) is 1. The monoisotopic (exact) mass is 400 g/mol. The van der Waals surface area contributed by atoms with Gasteiger partial charge in [0.25, 0.3) is 0 Å². The quantitative estimate of drug-likeness (QED) is 0.711. The minimum absolute atomic E-state index is 0.139. The lowest BCUT2D eigenvalue weighted by atomic mass is 9.62. The molecule has 158 valence electrons. The molecule has 2 atom stereocenters. The fourth-order valence-electron chi connectivity index (χ4n) is 5.30. The Kier molecular flexibility index (Phi) is 4.44. The average Bonchev–Trinajstić information content (AvgIpc) is 3.41. The molecule has 0 spiro atoms. The van der Waals surface area contributed by atoms with Crippen LogP contribution in [-0.2, 0) is 28.0 Å². The van der Waals surface area contributed by atoms with E-state index < -0.39 is 5.41 Å². The van der Waals surface area contributed by atoms with E-state index >= 15 is 0 Å². The number of imide groups is 1. The number of aromatic nitrogens is 2. The first-order chi connectivity index (χ1) is 13.5. The van der Waals surface area contributed by atoms with Crippen LogP contribution in [0.4, 0.5) is 0 Å². The van der Waals surface area contributed by atoms with Crippen molar-refractivity contribution in [3.63, 3.8) is 0 Å². The van der Waals surface area contributed by atoms with E-state index in [2.05, 4.69) is 5.10 Å². The predicted molar refractivity (Wildman–Crippen MR) is 108 cm³/mol. The highest BCUT2D eigenvalue weighted by Gasteiger charge is 2.64. The molecule has 1 saturated heterocycles. The van der Waals surface area contributed by atoms with Crippen molar-refractivity contribution in [1.82, 2.24) is 19.6 Å². The van der Waals surface area contributed by atoms with Crippen LogP contribution < -0.4 is 0 Å². The minimum atomic E-state index is -0.577. The third-order valence-electron chi connectivity index (χ3n) is 8.10. The molecular formula is C22H32N4O3. The molecular weight excluding hydrogens is 368 g/mol. The predicted octanol–water partition coefficient (Wildman–Crippen LogP) is 2.34. The lowest BCUT2D eigenvalue weighted by molar-refractivity contribution is -0.170. The highest BCUT2D eigenvalue weighted by molar-refractivity contribution is 6.06. The summed E-state index contributed by atoms with van der Waals surface area (Å²) >= 11 is 0. The molecule has 2 saturated carbocycles. The summed E-state index contributed by atoms with van der Waals surface area (Å²) < 4.78 is 1.83. The third-order valence-corrected chi connectivity index (χ3v) is 8.10. The highest BCUT2D eigenvalue weighted by Crippen LogP contribution is 2.60. The van der Waals surface area contributed by atoms with E-state index in [4.69, 9.17) is 0 Å². The van der Waals surface area contributed by atoms with E-state index in [9.17, 15) is 14.4 Å². The summed E-state index contributed by atoms with van der Waals surface area (Å²) in [5, 5.41) is 4.46. The highest BCUT2D eigenvalue weighted by atomic mass is 16.2. The first kappa shape index (κ1) is 20.1. The minimum Gasteiger partial charge on any atom is -0.334 e. The van der Waals surface area contributed by atoms with Crippen LogP contribution in [0.25, 0.3) is 0 Å². The van der Waals surface area contributed by atoms with Crippen molar-refractivity contribution in [2.24, 2.45) is 23.8 Å². The van der Waals surface area contributed by atoms with Crippen molar-refractivity contribution >= 4 is 17.7 Å². The summed E-state index contributed by atoms with van der Waals surface area (Å²) in [6.45, 7) is 10.3. The average molecular weight is 401 g/mol. The van der Waals surface area contributed by atoms with Crippen LogP contribution >= 0.6 is 0 Å². The molecule has 3 aliphatic rings. The molecule has 2 bridgehead atoms. The van der Waals surface area contributed by atoms with Gasteiger partial charge in [0.1, 0.15) is 6.54 Å². The summed E-state index contributed by atoms with van der Waals surface area (Å²) in [5.41, 5.74) is 2.07. The smallest absolute Gasteiger partial charge is 0.243 e. The van der Waals surface area contributed by atoms with E-state index in [0.717, 1.165) is 36.2 Å². The third kappa shape index (κ3) is 2.84. The Bertz CT molecular complexity index is 898. The van der Waals surface area contributed by atoms with Gasteiger partial charge in [-0.15, -0.1) is 0 Å². The number of piperidine rings is 1. The molecule has 4 rings (SSSR count). The van der Waals surface area contributed by atoms with Crippen molar-refractivity contribution in [3.05, 3.63) is 17.0 Å². The van der Waals surface area contributed by atoms with Crippen molar-refractivity contribution in [3.8, 4) is 0 Å². The summed E-state index contributed by atoms with van der Waals surface area (Å²) in [4.78, 5) is 42.7. The molecule has 0 aromatic carbocycles.